The van der Waals surface area contributed by atoms with Gasteiger partial charge in [0.05, 0.1) is 6.04 Å². The third-order valence-corrected chi connectivity index (χ3v) is 3.00. The third-order valence-electron chi connectivity index (χ3n) is 3.00. The zero-order valence-corrected chi connectivity index (χ0v) is 13.5. The van der Waals surface area contributed by atoms with Crippen molar-refractivity contribution < 1.29 is 14.3 Å². The fraction of sp³-hybridized carbons (Fsp3) is 0.529. The molecule has 1 amide bonds. The standard InChI is InChI=1S/C17H25NO3/c1-13(2)18(16(20)21-17(3,4)5)15(11-12-19)14-9-7-6-8-10-14/h6-10,12-13,15H,11H2,1-5H3. The topological polar surface area (TPSA) is 46.6 Å². The van der Waals surface area contributed by atoms with E-state index in [0.29, 0.717) is 0 Å². The Bertz CT molecular complexity index is 463. The predicted octanol–water partition coefficient (Wildman–Crippen LogP) is 3.96. The smallest absolute Gasteiger partial charge is 0.411 e. The van der Waals surface area contributed by atoms with E-state index in [1.807, 2.05) is 65.0 Å². The summed E-state index contributed by atoms with van der Waals surface area (Å²) in [6.45, 7) is 9.34. The van der Waals surface area contributed by atoms with Crippen molar-refractivity contribution in [2.24, 2.45) is 0 Å². The lowest BCUT2D eigenvalue weighted by molar-refractivity contribution is -0.109. The molecule has 0 saturated heterocycles. The van der Waals surface area contributed by atoms with Gasteiger partial charge in [-0.2, -0.15) is 0 Å². The molecule has 0 saturated carbocycles. The van der Waals surface area contributed by atoms with Crippen molar-refractivity contribution in [2.45, 2.75) is 58.7 Å². The van der Waals surface area contributed by atoms with E-state index in [1.165, 1.54) is 0 Å². The first kappa shape index (κ1) is 17.2. The molecule has 21 heavy (non-hydrogen) atoms. The Balaban J connectivity index is 3.10. The summed E-state index contributed by atoms with van der Waals surface area (Å²) in [6, 6.07) is 9.20. The molecule has 0 aliphatic rings. The van der Waals surface area contributed by atoms with Crippen molar-refractivity contribution in [2.75, 3.05) is 0 Å². The zero-order chi connectivity index (χ0) is 16.0. The van der Waals surface area contributed by atoms with Gasteiger partial charge in [-0.05, 0) is 40.2 Å². The number of rotatable bonds is 5. The van der Waals surface area contributed by atoms with Gasteiger partial charge in [0.25, 0.3) is 0 Å². The van der Waals surface area contributed by atoms with E-state index in [4.69, 9.17) is 4.74 Å². The van der Waals surface area contributed by atoms with E-state index in [9.17, 15) is 9.59 Å². The van der Waals surface area contributed by atoms with Crippen molar-refractivity contribution >= 4 is 12.4 Å². The maximum absolute atomic E-state index is 12.5. The summed E-state index contributed by atoms with van der Waals surface area (Å²) in [5, 5.41) is 0. The minimum atomic E-state index is -0.563. The molecule has 1 unspecified atom stereocenters. The molecule has 1 aromatic rings. The van der Waals surface area contributed by atoms with Crippen LogP contribution in [-0.2, 0) is 9.53 Å². The van der Waals surface area contributed by atoms with Crippen LogP contribution in [0.1, 0.15) is 52.6 Å². The van der Waals surface area contributed by atoms with E-state index < -0.39 is 11.7 Å². The highest BCUT2D eigenvalue weighted by Gasteiger charge is 2.31. The Morgan fingerprint density at radius 2 is 1.81 bits per heavy atom. The van der Waals surface area contributed by atoms with Gasteiger partial charge in [-0.3, -0.25) is 4.90 Å². The number of aldehydes is 1. The lowest BCUT2D eigenvalue weighted by Crippen LogP contribution is -2.43. The molecule has 0 aliphatic carbocycles. The van der Waals surface area contributed by atoms with Crippen molar-refractivity contribution in [3.05, 3.63) is 35.9 Å². The molecule has 0 heterocycles. The summed E-state index contributed by atoms with van der Waals surface area (Å²) in [4.78, 5) is 25.2. The SMILES string of the molecule is CC(C)N(C(=O)OC(C)(C)C)C(CC=O)c1ccccc1. The van der Waals surface area contributed by atoms with Gasteiger partial charge < -0.3 is 9.53 Å². The van der Waals surface area contributed by atoms with E-state index >= 15 is 0 Å². The largest absolute Gasteiger partial charge is 0.444 e. The van der Waals surface area contributed by atoms with E-state index in [0.717, 1.165) is 11.8 Å². The van der Waals surface area contributed by atoms with Crippen LogP contribution in [0.25, 0.3) is 0 Å². The molecule has 0 aliphatic heterocycles. The highest BCUT2D eigenvalue weighted by molar-refractivity contribution is 5.70. The molecule has 0 bridgehead atoms. The normalized spacial score (nSPS) is 12.9. The van der Waals surface area contributed by atoms with Crippen LogP contribution in [0.15, 0.2) is 30.3 Å². The fourth-order valence-corrected chi connectivity index (χ4v) is 2.19. The van der Waals surface area contributed by atoms with Crippen LogP contribution in [-0.4, -0.2) is 28.9 Å². The van der Waals surface area contributed by atoms with Crippen LogP contribution < -0.4 is 0 Å². The number of carbonyl (C=O) groups is 2. The molecule has 4 nitrogen and oxygen atoms in total. The molecule has 4 heteroatoms. The van der Waals surface area contributed by atoms with E-state index in [1.54, 1.807) is 4.90 Å². The summed E-state index contributed by atoms with van der Waals surface area (Å²) in [5.41, 5.74) is 0.372. The number of carbonyl (C=O) groups excluding carboxylic acids is 2. The fourth-order valence-electron chi connectivity index (χ4n) is 2.19. The number of hydrogen-bond donors (Lipinski definition) is 0. The van der Waals surface area contributed by atoms with Crippen molar-refractivity contribution in [1.82, 2.24) is 4.90 Å². The summed E-state index contributed by atoms with van der Waals surface area (Å²) >= 11 is 0. The van der Waals surface area contributed by atoms with Gasteiger partial charge in [-0.15, -0.1) is 0 Å². The monoisotopic (exact) mass is 291 g/mol. The maximum atomic E-state index is 12.5. The Hall–Kier alpha value is -1.84. The molecule has 0 N–H and O–H groups in total. The zero-order valence-electron chi connectivity index (χ0n) is 13.5. The van der Waals surface area contributed by atoms with Gasteiger partial charge in [0.15, 0.2) is 0 Å². The molecule has 1 aromatic carbocycles. The van der Waals surface area contributed by atoms with Gasteiger partial charge in [-0.25, -0.2) is 4.79 Å². The predicted molar refractivity (Wildman–Crippen MR) is 83.1 cm³/mol. The lowest BCUT2D eigenvalue weighted by Gasteiger charge is -2.35. The molecule has 1 atom stereocenters. The lowest BCUT2D eigenvalue weighted by atomic mass is 10.0. The molecule has 0 aromatic heterocycles. The van der Waals surface area contributed by atoms with Gasteiger partial charge in [0, 0.05) is 12.5 Å². The Kier molecular flexibility index (Phi) is 5.94. The first-order valence-corrected chi connectivity index (χ1v) is 7.26. The molecule has 0 radical (unpaired) electrons. The van der Waals surface area contributed by atoms with Gasteiger partial charge >= 0.3 is 6.09 Å². The summed E-state index contributed by atoms with van der Waals surface area (Å²) < 4.78 is 5.48. The first-order chi connectivity index (χ1) is 9.76. The Morgan fingerprint density at radius 1 is 1.24 bits per heavy atom. The second-order valence-corrected chi connectivity index (χ2v) is 6.31. The van der Waals surface area contributed by atoms with Crippen molar-refractivity contribution in [1.29, 1.82) is 0 Å². The van der Waals surface area contributed by atoms with E-state index in [-0.39, 0.29) is 18.5 Å². The molecule has 116 valence electrons. The maximum Gasteiger partial charge on any atom is 0.411 e. The second kappa shape index (κ2) is 7.25. The number of hydrogen-bond acceptors (Lipinski definition) is 3. The van der Waals surface area contributed by atoms with E-state index in [2.05, 4.69) is 0 Å². The summed E-state index contributed by atoms with van der Waals surface area (Å²) in [5.74, 6) is 0. The summed E-state index contributed by atoms with van der Waals surface area (Å²) in [7, 11) is 0. The van der Waals surface area contributed by atoms with Crippen LogP contribution in [0.5, 0.6) is 0 Å². The minimum absolute atomic E-state index is 0.0648. The van der Waals surface area contributed by atoms with Crippen LogP contribution >= 0.6 is 0 Å². The molecular formula is C17H25NO3. The molecule has 0 spiro atoms. The highest BCUT2D eigenvalue weighted by Crippen LogP contribution is 2.27. The van der Waals surface area contributed by atoms with Crippen LogP contribution in [0.3, 0.4) is 0 Å². The van der Waals surface area contributed by atoms with Gasteiger partial charge in [-0.1, -0.05) is 30.3 Å². The third kappa shape index (κ3) is 5.21. The molecule has 0 fully saturated rings. The number of nitrogens with zero attached hydrogens (tertiary/aromatic N) is 1. The first-order valence-electron chi connectivity index (χ1n) is 7.26. The van der Waals surface area contributed by atoms with Crippen LogP contribution in [0.2, 0.25) is 0 Å². The average molecular weight is 291 g/mol. The van der Waals surface area contributed by atoms with Gasteiger partial charge in [0.2, 0.25) is 0 Å². The number of benzene rings is 1. The van der Waals surface area contributed by atoms with Crippen LogP contribution in [0.4, 0.5) is 4.79 Å². The second-order valence-electron chi connectivity index (χ2n) is 6.31. The quantitative estimate of drug-likeness (QED) is 0.771. The average Bonchev–Trinajstić information content (AvgIpc) is 2.36. The number of ether oxygens (including phenoxy) is 1. The van der Waals surface area contributed by atoms with Crippen LogP contribution in [0, 0.1) is 0 Å². The molecular weight excluding hydrogens is 266 g/mol. The number of amides is 1. The summed E-state index contributed by atoms with van der Waals surface area (Å²) in [6.07, 6.45) is 0.701. The Morgan fingerprint density at radius 3 is 2.24 bits per heavy atom. The minimum Gasteiger partial charge on any atom is -0.444 e. The van der Waals surface area contributed by atoms with Crippen molar-refractivity contribution in [3.63, 3.8) is 0 Å². The van der Waals surface area contributed by atoms with Crippen molar-refractivity contribution in [3.8, 4) is 0 Å². The van der Waals surface area contributed by atoms with Gasteiger partial charge in [0.1, 0.15) is 11.9 Å². The Labute approximate surface area is 127 Å². The highest BCUT2D eigenvalue weighted by atomic mass is 16.6. The molecule has 1 rings (SSSR count).